The fourth-order valence-electron chi connectivity index (χ4n) is 1.37. The fourth-order valence-corrected chi connectivity index (χ4v) is 1.37. The summed E-state index contributed by atoms with van der Waals surface area (Å²) < 4.78 is 36.6. The molecule has 0 aliphatic heterocycles. The van der Waals surface area contributed by atoms with Gasteiger partial charge in [0.15, 0.2) is 0 Å². The lowest BCUT2D eigenvalue weighted by molar-refractivity contribution is -0.151. The summed E-state index contributed by atoms with van der Waals surface area (Å²) in [6.07, 6.45) is -3.57. The second-order valence-electron chi connectivity index (χ2n) is 3.79. The maximum atomic E-state index is 12.2. The summed E-state index contributed by atoms with van der Waals surface area (Å²) in [6, 6.07) is -0.961. The standard InChI is InChI=1S/C10H19F3N2O2/c1-3-5-14-8(9(16)17)6-15(4-2)7-10(11,12)13/h8,14H,3-7H2,1-2H3,(H,16,17). The van der Waals surface area contributed by atoms with Crippen molar-refractivity contribution in [2.45, 2.75) is 32.5 Å². The predicted octanol–water partition coefficient (Wildman–Crippen LogP) is 1.32. The van der Waals surface area contributed by atoms with Crippen LogP contribution in [-0.4, -0.2) is 54.4 Å². The van der Waals surface area contributed by atoms with Gasteiger partial charge in [-0.3, -0.25) is 9.69 Å². The largest absolute Gasteiger partial charge is 0.480 e. The molecule has 0 aromatic heterocycles. The van der Waals surface area contributed by atoms with Gasteiger partial charge in [0.2, 0.25) is 0 Å². The molecule has 17 heavy (non-hydrogen) atoms. The van der Waals surface area contributed by atoms with Gasteiger partial charge in [-0.2, -0.15) is 13.2 Å². The molecule has 0 amide bonds. The molecular formula is C10H19F3N2O2. The predicted molar refractivity (Wildman–Crippen MR) is 57.9 cm³/mol. The van der Waals surface area contributed by atoms with Crippen molar-refractivity contribution in [2.75, 3.05) is 26.2 Å². The van der Waals surface area contributed by atoms with Crippen molar-refractivity contribution >= 4 is 5.97 Å². The summed E-state index contributed by atoms with van der Waals surface area (Å²) in [5.41, 5.74) is 0. The van der Waals surface area contributed by atoms with Gasteiger partial charge in [-0.25, -0.2) is 0 Å². The van der Waals surface area contributed by atoms with E-state index in [-0.39, 0.29) is 13.1 Å². The normalized spacial score (nSPS) is 14.0. The van der Waals surface area contributed by atoms with E-state index in [1.807, 2.05) is 6.92 Å². The number of aliphatic carboxylic acids is 1. The van der Waals surface area contributed by atoms with Gasteiger partial charge in [0.25, 0.3) is 0 Å². The summed E-state index contributed by atoms with van der Waals surface area (Å²) in [4.78, 5) is 11.9. The molecule has 7 heteroatoms. The molecule has 1 atom stereocenters. The lowest BCUT2D eigenvalue weighted by Gasteiger charge is -2.25. The van der Waals surface area contributed by atoms with Crippen LogP contribution < -0.4 is 5.32 Å². The minimum absolute atomic E-state index is 0.147. The third-order valence-electron chi connectivity index (χ3n) is 2.23. The van der Waals surface area contributed by atoms with Crippen molar-refractivity contribution in [1.29, 1.82) is 0 Å². The molecule has 0 radical (unpaired) electrons. The van der Waals surface area contributed by atoms with E-state index >= 15 is 0 Å². The van der Waals surface area contributed by atoms with Gasteiger partial charge >= 0.3 is 12.1 Å². The van der Waals surface area contributed by atoms with Crippen LogP contribution in [0.15, 0.2) is 0 Å². The van der Waals surface area contributed by atoms with Crippen LogP contribution in [0.2, 0.25) is 0 Å². The molecule has 1 unspecified atom stereocenters. The Morgan fingerprint density at radius 3 is 2.35 bits per heavy atom. The maximum absolute atomic E-state index is 12.2. The molecule has 0 aromatic carbocycles. The molecule has 0 aliphatic carbocycles. The molecule has 0 fully saturated rings. The van der Waals surface area contributed by atoms with Crippen molar-refractivity contribution in [3.63, 3.8) is 0 Å². The van der Waals surface area contributed by atoms with Crippen LogP contribution in [0.25, 0.3) is 0 Å². The zero-order chi connectivity index (χ0) is 13.5. The Hall–Kier alpha value is -0.820. The number of halogens is 3. The Morgan fingerprint density at radius 1 is 1.41 bits per heavy atom. The first-order valence-electron chi connectivity index (χ1n) is 5.55. The molecule has 0 heterocycles. The van der Waals surface area contributed by atoms with Crippen LogP contribution in [-0.2, 0) is 4.79 Å². The molecule has 0 rings (SSSR count). The zero-order valence-corrected chi connectivity index (χ0v) is 10.0. The van der Waals surface area contributed by atoms with E-state index in [0.717, 1.165) is 11.3 Å². The first-order chi connectivity index (χ1) is 7.80. The Kier molecular flexibility index (Phi) is 7.13. The van der Waals surface area contributed by atoms with Crippen LogP contribution in [0.1, 0.15) is 20.3 Å². The maximum Gasteiger partial charge on any atom is 0.401 e. The van der Waals surface area contributed by atoms with Crippen molar-refractivity contribution in [1.82, 2.24) is 10.2 Å². The summed E-state index contributed by atoms with van der Waals surface area (Å²) in [5, 5.41) is 11.6. The number of carbonyl (C=O) groups is 1. The molecule has 0 aromatic rings. The smallest absolute Gasteiger partial charge is 0.401 e. The van der Waals surface area contributed by atoms with E-state index in [2.05, 4.69) is 5.32 Å². The Labute approximate surface area is 98.8 Å². The van der Waals surface area contributed by atoms with Crippen LogP contribution >= 0.6 is 0 Å². The highest BCUT2D eigenvalue weighted by atomic mass is 19.4. The highest BCUT2D eigenvalue weighted by Crippen LogP contribution is 2.16. The van der Waals surface area contributed by atoms with E-state index in [1.165, 1.54) is 0 Å². The van der Waals surface area contributed by atoms with Crippen molar-refractivity contribution in [3.8, 4) is 0 Å². The van der Waals surface area contributed by atoms with Gasteiger partial charge < -0.3 is 10.4 Å². The highest BCUT2D eigenvalue weighted by molar-refractivity contribution is 5.73. The number of rotatable bonds is 8. The van der Waals surface area contributed by atoms with Crippen LogP contribution in [0.4, 0.5) is 13.2 Å². The second-order valence-corrected chi connectivity index (χ2v) is 3.79. The van der Waals surface area contributed by atoms with Crippen LogP contribution in [0.5, 0.6) is 0 Å². The highest BCUT2D eigenvalue weighted by Gasteiger charge is 2.31. The molecular weight excluding hydrogens is 237 g/mol. The van der Waals surface area contributed by atoms with Gasteiger partial charge in [0, 0.05) is 6.54 Å². The first-order valence-corrected chi connectivity index (χ1v) is 5.55. The summed E-state index contributed by atoms with van der Waals surface area (Å²) in [7, 11) is 0. The third kappa shape index (κ3) is 7.98. The Bertz CT molecular complexity index is 234. The first kappa shape index (κ1) is 16.2. The monoisotopic (exact) mass is 256 g/mol. The van der Waals surface area contributed by atoms with Crippen molar-refractivity contribution in [3.05, 3.63) is 0 Å². The quantitative estimate of drug-likeness (QED) is 0.688. The molecule has 102 valence electrons. The van der Waals surface area contributed by atoms with E-state index in [4.69, 9.17) is 5.11 Å². The molecule has 0 saturated carbocycles. The van der Waals surface area contributed by atoms with Gasteiger partial charge in [0.1, 0.15) is 6.04 Å². The van der Waals surface area contributed by atoms with Crippen LogP contribution in [0, 0.1) is 0 Å². The van der Waals surface area contributed by atoms with E-state index < -0.39 is 24.7 Å². The number of nitrogens with zero attached hydrogens (tertiary/aromatic N) is 1. The number of likely N-dealkylation sites (N-methyl/N-ethyl adjacent to an activating group) is 1. The fraction of sp³-hybridized carbons (Fsp3) is 0.900. The average molecular weight is 256 g/mol. The Morgan fingerprint density at radius 2 is 2.00 bits per heavy atom. The Balaban J connectivity index is 4.33. The summed E-state index contributed by atoms with van der Waals surface area (Å²) >= 11 is 0. The number of alkyl halides is 3. The van der Waals surface area contributed by atoms with Gasteiger partial charge in [-0.05, 0) is 19.5 Å². The van der Waals surface area contributed by atoms with Gasteiger partial charge in [-0.1, -0.05) is 13.8 Å². The molecule has 0 aliphatic rings. The van der Waals surface area contributed by atoms with Crippen LogP contribution in [0.3, 0.4) is 0 Å². The topological polar surface area (TPSA) is 52.6 Å². The lowest BCUT2D eigenvalue weighted by Crippen LogP contribution is -2.48. The molecule has 4 nitrogen and oxygen atoms in total. The molecule has 0 saturated heterocycles. The number of hydrogen-bond donors (Lipinski definition) is 2. The van der Waals surface area contributed by atoms with E-state index in [0.29, 0.717) is 6.54 Å². The molecule has 0 bridgehead atoms. The SMILES string of the molecule is CCCNC(CN(CC)CC(F)(F)F)C(=O)O. The van der Waals surface area contributed by atoms with Gasteiger partial charge in [0.05, 0.1) is 6.54 Å². The number of carboxylic acids is 1. The summed E-state index contributed by atoms with van der Waals surface area (Å²) in [6.45, 7) is 2.84. The van der Waals surface area contributed by atoms with Crippen molar-refractivity contribution in [2.24, 2.45) is 0 Å². The number of nitrogens with one attached hydrogen (secondary N) is 1. The minimum Gasteiger partial charge on any atom is -0.480 e. The number of hydrogen-bond acceptors (Lipinski definition) is 3. The van der Waals surface area contributed by atoms with E-state index in [1.54, 1.807) is 6.92 Å². The summed E-state index contributed by atoms with van der Waals surface area (Å²) in [5.74, 6) is -1.13. The van der Waals surface area contributed by atoms with Gasteiger partial charge in [-0.15, -0.1) is 0 Å². The minimum atomic E-state index is -4.30. The second kappa shape index (κ2) is 7.50. The zero-order valence-electron chi connectivity index (χ0n) is 10.0. The van der Waals surface area contributed by atoms with E-state index in [9.17, 15) is 18.0 Å². The number of carboxylic acid groups (broad SMARTS) is 1. The molecule has 0 spiro atoms. The third-order valence-corrected chi connectivity index (χ3v) is 2.23. The molecule has 2 N–H and O–H groups in total. The average Bonchev–Trinajstić information content (AvgIpc) is 2.20. The van der Waals surface area contributed by atoms with Crippen molar-refractivity contribution < 1.29 is 23.1 Å². The lowest BCUT2D eigenvalue weighted by atomic mass is 10.2.